The van der Waals surface area contributed by atoms with Gasteiger partial charge in [0.1, 0.15) is 11.3 Å². The van der Waals surface area contributed by atoms with Crippen molar-refractivity contribution in [3.05, 3.63) is 29.3 Å². The van der Waals surface area contributed by atoms with E-state index in [9.17, 15) is 9.90 Å². The lowest BCUT2D eigenvalue weighted by atomic mass is 9.90. The molecule has 0 bridgehead atoms. The Morgan fingerprint density at radius 2 is 1.86 bits per heavy atom. The summed E-state index contributed by atoms with van der Waals surface area (Å²) in [6.07, 6.45) is 8.39. The monoisotopic (exact) mass is 307 g/mol. The van der Waals surface area contributed by atoms with Gasteiger partial charge in [0.2, 0.25) is 0 Å². The normalized spacial score (nSPS) is 13.6. The zero-order valence-electron chi connectivity index (χ0n) is 14.0. The van der Waals surface area contributed by atoms with Gasteiger partial charge in [0.05, 0.1) is 7.11 Å². The highest BCUT2D eigenvalue weighted by Crippen LogP contribution is 2.30. The third-order valence-corrected chi connectivity index (χ3v) is 4.09. The molecule has 1 aromatic rings. The molecule has 22 heavy (non-hydrogen) atoms. The number of nitrogens with two attached hydrogens (primary N) is 1. The molecule has 0 amide bonds. The van der Waals surface area contributed by atoms with Gasteiger partial charge in [-0.25, -0.2) is 4.79 Å². The molecule has 0 aromatic heterocycles. The Balaban J connectivity index is 2.72. The predicted molar refractivity (Wildman–Crippen MR) is 89.2 cm³/mol. The van der Waals surface area contributed by atoms with E-state index < -0.39 is 11.5 Å². The Morgan fingerprint density at radius 1 is 1.23 bits per heavy atom. The number of hydrogen-bond acceptors (Lipinski definition) is 3. The van der Waals surface area contributed by atoms with Gasteiger partial charge in [0.25, 0.3) is 0 Å². The maximum absolute atomic E-state index is 11.4. The number of aliphatic carboxylic acids is 1. The van der Waals surface area contributed by atoms with Crippen LogP contribution in [0.3, 0.4) is 0 Å². The van der Waals surface area contributed by atoms with Crippen LogP contribution in [-0.4, -0.2) is 18.2 Å². The number of aryl methyl sites for hydroxylation is 1. The van der Waals surface area contributed by atoms with Crippen molar-refractivity contribution in [2.24, 2.45) is 5.73 Å². The van der Waals surface area contributed by atoms with Crippen LogP contribution in [0.2, 0.25) is 0 Å². The van der Waals surface area contributed by atoms with Crippen molar-refractivity contribution in [2.75, 3.05) is 7.11 Å². The fourth-order valence-electron chi connectivity index (χ4n) is 2.54. The highest BCUT2D eigenvalue weighted by Gasteiger charge is 2.33. The molecule has 0 radical (unpaired) electrons. The summed E-state index contributed by atoms with van der Waals surface area (Å²) in [6, 6.07) is 5.68. The molecule has 1 aromatic carbocycles. The van der Waals surface area contributed by atoms with E-state index >= 15 is 0 Å². The molecule has 0 fully saturated rings. The fraction of sp³-hybridized carbons (Fsp3) is 0.611. The summed E-state index contributed by atoms with van der Waals surface area (Å²) in [5.41, 5.74) is 6.16. The summed E-state index contributed by atoms with van der Waals surface area (Å²) >= 11 is 0. The lowest BCUT2D eigenvalue weighted by Gasteiger charge is -2.23. The van der Waals surface area contributed by atoms with E-state index in [1.165, 1.54) is 46.1 Å². The second kappa shape index (κ2) is 8.79. The van der Waals surface area contributed by atoms with Gasteiger partial charge in [-0.05, 0) is 37.5 Å². The lowest BCUT2D eigenvalue weighted by Crippen LogP contribution is -2.42. The van der Waals surface area contributed by atoms with Gasteiger partial charge in [-0.3, -0.25) is 0 Å². The number of carboxylic acid groups (broad SMARTS) is 1. The van der Waals surface area contributed by atoms with Crippen molar-refractivity contribution in [1.82, 2.24) is 0 Å². The maximum Gasteiger partial charge on any atom is 0.328 e. The van der Waals surface area contributed by atoms with Gasteiger partial charge in [-0.1, -0.05) is 45.1 Å². The third-order valence-electron chi connectivity index (χ3n) is 4.09. The van der Waals surface area contributed by atoms with E-state index in [0.717, 1.165) is 18.4 Å². The van der Waals surface area contributed by atoms with Crippen LogP contribution >= 0.6 is 0 Å². The molecule has 0 heterocycles. The van der Waals surface area contributed by atoms with Gasteiger partial charge >= 0.3 is 5.97 Å². The molecule has 1 atom stereocenters. The molecule has 0 saturated heterocycles. The van der Waals surface area contributed by atoms with Crippen molar-refractivity contribution in [3.8, 4) is 5.75 Å². The fourth-order valence-corrected chi connectivity index (χ4v) is 2.54. The Kier molecular flexibility index (Phi) is 7.39. The summed E-state index contributed by atoms with van der Waals surface area (Å²) < 4.78 is 5.26. The Morgan fingerprint density at radius 3 is 2.45 bits per heavy atom. The quantitative estimate of drug-likeness (QED) is 0.644. The predicted octanol–water partition coefficient (Wildman–Crippen LogP) is 3.86. The van der Waals surface area contributed by atoms with E-state index in [4.69, 9.17) is 10.5 Å². The number of unbranched alkanes of at least 4 members (excludes halogenated alkanes) is 5. The second-order valence-corrected chi connectivity index (χ2v) is 6.06. The summed E-state index contributed by atoms with van der Waals surface area (Å²) in [7, 11) is 1.53. The molecule has 0 aliphatic rings. The maximum atomic E-state index is 11.4. The number of benzene rings is 1. The van der Waals surface area contributed by atoms with Crippen LogP contribution in [0.15, 0.2) is 18.2 Å². The van der Waals surface area contributed by atoms with Gasteiger partial charge in [-0.15, -0.1) is 0 Å². The second-order valence-electron chi connectivity index (χ2n) is 6.06. The van der Waals surface area contributed by atoms with Crippen LogP contribution in [0.25, 0.3) is 0 Å². The van der Waals surface area contributed by atoms with Crippen molar-refractivity contribution in [1.29, 1.82) is 0 Å². The Bertz CT molecular complexity index is 483. The van der Waals surface area contributed by atoms with Crippen LogP contribution in [0.1, 0.15) is 63.5 Å². The van der Waals surface area contributed by atoms with Crippen LogP contribution in [0.5, 0.6) is 5.75 Å². The zero-order chi connectivity index (χ0) is 16.6. The van der Waals surface area contributed by atoms with E-state index in [2.05, 4.69) is 6.92 Å². The van der Waals surface area contributed by atoms with Crippen LogP contribution < -0.4 is 10.5 Å². The van der Waals surface area contributed by atoms with Crippen LogP contribution in [0.4, 0.5) is 0 Å². The SMILES string of the molecule is CCCCCCCCc1ccc(OC)c(C(C)(N)C(=O)O)c1. The van der Waals surface area contributed by atoms with Crippen molar-refractivity contribution >= 4 is 5.97 Å². The molecule has 0 aliphatic heterocycles. The minimum Gasteiger partial charge on any atom is -0.496 e. The van der Waals surface area contributed by atoms with Gasteiger partial charge in [-0.2, -0.15) is 0 Å². The van der Waals surface area contributed by atoms with Gasteiger partial charge in [0, 0.05) is 5.56 Å². The van der Waals surface area contributed by atoms with Crippen LogP contribution in [0, 0.1) is 0 Å². The van der Waals surface area contributed by atoms with E-state index in [1.807, 2.05) is 18.2 Å². The first-order chi connectivity index (χ1) is 10.4. The zero-order valence-corrected chi connectivity index (χ0v) is 14.0. The molecule has 0 spiro atoms. The molecule has 1 unspecified atom stereocenters. The van der Waals surface area contributed by atoms with E-state index in [0.29, 0.717) is 11.3 Å². The molecule has 0 saturated carbocycles. The third kappa shape index (κ3) is 5.02. The molecular formula is C18H29NO3. The summed E-state index contributed by atoms with van der Waals surface area (Å²) in [5, 5.41) is 9.32. The molecule has 0 aliphatic carbocycles. The topological polar surface area (TPSA) is 72.5 Å². The highest BCUT2D eigenvalue weighted by molar-refractivity contribution is 5.81. The lowest BCUT2D eigenvalue weighted by molar-refractivity contribution is -0.143. The highest BCUT2D eigenvalue weighted by atomic mass is 16.5. The summed E-state index contributed by atoms with van der Waals surface area (Å²) in [6.45, 7) is 3.72. The smallest absolute Gasteiger partial charge is 0.328 e. The summed E-state index contributed by atoms with van der Waals surface area (Å²) in [4.78, 5) is 11.4. The molecular weight excluding hydrogens is 278 g/mol. The molecule has 4 nitrogen and oxygen atoms in total. The Labute approximate surface area is 133 Å². The first-order valence-corrected chi connectivity index (χ1v) is 8.13. The number of ether oxygens (including phenoxy) is 1. The average Bonchev–Trinajstić information content (AvgIpc) is 2.50. The van der Waals surface area contributed by atoms with Crippen molar-refractivity contribution in [3.63, 3.8) is 0 Å². The largest absolute Gasteiger partial charge is 0.496 e. The van der Waals surface area contributed by atoms with Gasteiger partial charge in [0.15, 0.2) is 0 Å². The Hall–Kier alpha value is -1.55. The molecule has 124 valence electrons. The van der Waals surface area contributed by atoms with Crippen LogP contribution in [-0.2, 0) is 16.8 Å². The van der Waals surface area contributed by atoms with E-state index in [1.54, 1.807) is 0 Å². The van der Waals surface area contributed by atoms with E-state index in [-0.39, 0.29) is 0 Å². The summed E-state index contributed by atoms with van der Waals surface area (Å²) in [5.74, 6) is -0.526. The van der Waals surface area contributed by atoms with Crippen molar-refractivity contribution in [2.45, 2.75) is 64.3 Å². The molecule has 4 heteroatoms. The molecule has 3 N–H and O–H groups in total. The minimum absolute atomic E-state index is 0.527. The number of methoxy groups -OCH3 is 1. The number of carbonyl (C=O) groups is 1. The number of hydrogen-bond donors (Lipinski definition) is 2. The standard InChI is InChI=1S/C18H29NO3/c1-4-5-6-7-8-9-10-14-11-12-16(22-3)15(13-14)18(2,19)17(20)21/h11-13H,4-10,19H2,1-3H3,(H,20,21). The number of rotatable bonds is 10. The van der Waals surface area contributed by atoms with Gasteiger partial charge < -0.3 is 15.6 Å². The molecule has 1 rings (SSSR count). The first kappa shape index (κ1) is 18.5. The minimum atomic E-state index is -1.44. The first-order valence-electron chi connectivity index (χ1n) is 8.13. The average molecular weight is 307 g/mol. The number of carboxylic acids is 1. The van der Waals surface area contributed by atoms with Crippen molar-refractivity contribution < 1.29 is 14.6 Å².